The molecule has 1 atom stereocenters. The zero-order valence-corrected chi connectivity index (χ0v) is 22.2. The minimum atomic E-state index is -0.101. The van der Waals surface area contributed by atoms with Crippen molar-refractivity contribution in [2.45, 2.75) is 46.2 Å². The fourth-order valence-electron chi connectivity index (χ4n) is 4.08. The molecule has 0 aliphatic rings. The fraction of sp³-hybridized carbons (Fsp3) is 0.345. The molecule has 6 heteroatoms. The molecule has 4 nitrogen and oxygen atoms in total. The minimum absolute atomic E-state index is 0.0310. The third kappa shape index (κ3) is 7.99. The van der Waals surface area contributed by atoms with E-state index in [1.54, 1.807) is 18.2 Å². The lowest BCUT2D eigenvalue weighted by molar-refractivity contribution is 0.0662. The summed E-state index contributed by atoms with van der Waals surface area (Å²) in [4.78, 5) is 18.0. The van der Waals surface area contributed by atoms with Gasteiger partial charge in [-0.2, -0.15) is 0 Å². The van der Waals surface area contributed by atoms with Gasteiger partial charge in [-0.25, -0.2) is 0 Å². The standard InChI is InChI=1S/C29H34Cl2N2O2/c1-4-32(5-2)18-10-11-22(3)33(29(34)27-17-16-24(30)20-28(27)31)21-23-12-9-15-26(19-23)35-25-13-7-6-8-14-25/h6-9,12-17,19-20,22H,4-5,10-11,18,21H2,1-3H3. The van der Waals surface area contributed by atoms with Gasteiger partial charge in [0.15, 0.2) is 0 Å². The Morgan fingerprint density at radius 1 is 0.914 bits per heavy atom. The third-order valence-electron chi connectivity index (χ3n) is 6.18. The average molecular weight is 514 g/mol. The summed E-state index contributed by atoms with van der Waals surface area (Å²) in [6.07, 6.45) is 1.91. The normalized spacial score (nSPS) is 11.9. The molecule has 0 spiro atoms. The Bertz CT molecular complexity index is 1090. The van der Waals surface area contributed by atoms with Crippen LogP contribution in [0.4, 0.5) is 0 Å². The van der Waals surface area contributed by atoms with Crippen LogP contribution in [-0.2, 0) is 6.54 Å². The van der Waals surface area contributed by atoms with E-state index in [1.807, 2.05) is 59.5 Å². The number of nitrogens with zero attached hydrogens (tertiary/aromatic N) is 2. The molecule has 186 valence electrons. The van der Waals surface area contributed by atoms with Gasteiger partial charge in [0.05, 0.1) is 10.6 Å². The number of para-hydroxylation sites is 1. The maximum atomic E-state index is 13.7. The molecule has 0 aromatic heterocycles. The first-order chi connectivity index (χ1) is 16.9. The summed E-state index contributed by atoms with van der Waals surface area (Å²) >= 11 is 12.5. The molecule has 0 aliphatic carbocycles. The zero-order valence-electron chi connectivity index (χ0n) is 20.7. The first-order valence-corrected chi connectivity index (χ1v) is 13.0. The molecule has 0 N–H and O–H groups in total. The summed E-state index contributed by atoms with van der Waals surface area (Å²) in [5, 5.41) is 0.875. The molecule has 0 saturated carbocycles. The van der Waals surface area contributed by atoms with Crippen LogP contribution in [0.3, 0.4) is 0 Å². The molecule has 0 aliphatic heterocycles. The molecule has 1 unspecified atom stereocenters. The Balaban J connectivity index is 1.80. The van der Waals surface area contributed by atoms with E-state index in [0.717, 1.165) is 49.5 Å². The van der Waals surface area contributed by atoms with Gasteiger partial charge < -0.3 is 14.5 Å². The molecule has 1 amide bonds. The number of ether oxygens (including phenoxy) is 1. The Hall–Kier alpha value is -2.53. The van der Waals surface area contributed by atoms with Crippen molar-refractivity contribution < 1.29 is 9.53 Å². The van der Waals surface area contributed by atoms with Crippen molar-refractivity contribution in [3.63, 3.8) is 0 Å². The molecular formula is C29H34Cl2N2O2. The maximum absolute atomic E-state index is 13.7. The van der Waals surface area contributed by atoms with Crippen molar-refractivity contribution in [1.29, 1.82) is 0 Å². The van der Waals surface area contributed by atoms with Crippen LogP contribution in [-0.4, -0.2) is 41.4 Å². The SMILES string of the molecule is CCN(CC)CCCC(C)N(Cc1cccc(Oc2ccccc2)c1)C(=O)c1ccc(Cl)cc1Cl. The van der Waals surface area contributed by atoms with Crippen LogP contribution in [0.5, 0.6) is 11.5 Å². The quantitative estimate of drug-likeness (QED) is 0.247. The van der Waals surface area contributed by atoms with E-state index in [-0.39, 0.29) is 11.9 Å². The minimum Gasteiger partial charge on any atom is -0.457 e. The predicted molar refractivity (Wildman–Crippen MR) is 146 cm³/mol. The number of hydrogen-bond acceptors (Lipinski definition) is 3. The van der Waals surface area contributed by atoms with Gasteiger partial charge in [-0.05, 0) is 87.4 Å². The molecule has 35 heavy (non-hydrogen) atoms. The molecule has 3 aromatic rings. The molecule has 0 radical (unpaired) electrons. The number of carbonyl (C=O) groups excluding carboxylic acids is 1. The van der Waals surface area contributed by atoms with E-state index in [2.05, 4.69) is 25.7 Å². The summed E-state index contributed by atoms with van der Waals surface area (Å²) in [5.74, 6) is 1.41. The molecule has 0 heterocycles. The summed E-state index contributed by atoms with van der Waals surface area (Å²) < 4.78 is 6.01. The van der Waals surface area contributed by atoms with Gasteiger partial charge in [0.1, 0.15) is 11.5 Å². The molecule has 3 rings (SSSR count). The number of halogens is 2. The van der Waals surface area contributed by atoms with E-state index >= 15 is 0 Å². The lowest BCUT2D eigenvalue weighted by atomic mass is 10.1. The van der Waals surface area contributed by atoms with Gasteiger partial charge in [-0.1, -0.05) is 67.4 Å². The van der Waals surface area contributed by atoms with Crippen LogP contribution >= 0.6 is 23.2 Å². The number of carbonyl (C=O) groups is 1. The van der Waals surface area contributed by atoms with Crippen LogP contribution in [0.1, 0.15) is 49.5 Å². The van der Waals surface area contributed by atoms with Crippen LogP contribution < -0.4 is 4.74 Å². The average Bonchev–Trinajstić information content (AvgIpc) is 2.85. The number of benzene rings is 3. The smallest absolute Gasteiger partial charge is 0.255 e. The summed E-state index contributed by atoms with van der Waals surface area (Å²) in [6, 6.07) is 22.6. The van der Waals surface area contributed by atoms with Crippen LogP contribution in [0.2, 0.25) is 10.0 Å². The Kier molecular flexibility index (Phi) is 10.5. The number of rotatable bonds is 12. The van der Waals surface area contributed by atoms with Crippen molar-refractivity contribution in [3.05, 3.63) is 94.0 Å². The van der Waals surface area contributed by atoms with Crippen molar-refractivity contribution in [2.75, 3.05) is 19.6 Å². The van der Waals surface area contributed by atoms with Crippen molar-refractivity contribution in [2.24, 2.45) is 0 Å². The zero-order chi connectivity index (χ0) is 25.2. The fourth-order valence-corrected chi connectivity index (χ4v) is 4.57. The highest BCUT2D eigenvalue weighted by Gasteiger charge is 2.24. The second-order valence-corrected chi connectivity index (χ2v) is 9.48. The van der Waals surface area contributed by atoms with E-state index in [0.29, 0.717) is 22.2 Å². The lowest BCUT2D eigenvalue weighted by Gasteiger charge is -2.31. The highest BCUT2D eigenvalue weighted by molar-refractivity contribution is 6.36. The molecule has 3 aromatic carbocycles. The van der Waals surface area contributed by atoms with Gasteiger partial charge in [0.25, 0.3) is 5.91 Å². The Labute approximate surface area is 219 Å². The lowest BCUT2D eigenvalue weighted by Crippen LogP contribution is -2.39. The predicted octanol–water partition coefficient (Wildman–Crippen LogP) is 7.94. The Morgan fingerprint density at radius 2 is 1.63 bits per heavy atom. The number of amides is 1. The van der Waals surface area contributed by atoms with Gasteiger partial charge in [-0.15, -0.1) is 0 Å². The third-order valence-corrected chi connectivity index (χ3v) is 6.72. The van der Waals surface area contributed by atoms with Crippen LogP contribution in [0, 0.1) is 0 Å². The highest BCUT2D eigenvalue weighted by atomic mass is 35.5. The monoisotopic (exact) mass is 512 g/mol. The van der Waals surface area contributed by atoms with Gasteiger partial charge >= 0.3 is 0 Å². The molecule has 0 saturated heterocycles. The van der Waals surface area contributed by atoms with Gasteiger partial charge in [-0.3, -0.25) is 4.79 Å². The first-order valence-electron chi connectivity index (χ1n) is 12.2. The van der Waals surface area contributed by atoms with Crippen LogP contribution in [0.25, 0.3) is 0 Å². The van der Waals surface area contributed by atoms with Crippen LogP contribution in [0.15, 0.2) is 72.8 Å². The maximum Gasteiger partial charge on any atom is 0.255 e. The summed E-state index contributed by atoms with van der Waals surface area (Å²) in [7, 11) is 0. The Morgan fingerprint density at radius 3 is 2.31 bits per heavy atom. The number of hydrogen-bond donors (Lipinski definition) is 0. The largest absolute Gasteiger partial charge is 0.457 e. The van der Waals surface area contributed by atoms with Gasteiger partial charge in [0, 0.05) is 17.6 Å². The summed E-state index contributed by atoms with van der Waals surface area (Å²) in [6.45, 7) is 9.99. The second kappa shape index (κ2) is 13.5. The second-order valence-electron chi connectivity index (χ2n) is 8.64. The summed E-state index contributed by atoms with van der Waals surface area (Å²) in [5.41, 5.74) is 1.45. The van der Waals surface area contributed by atoms with E-state index < -0.39 is 0 Å². The van der Waals surface area contributed by atoms with Gasteiger partial charge in [0.2, 0.25) is 0 Å². The van der Waals surface area contributed by atoms with Crippen molar-refractivity contribution in [3.8, 4) is 11.5 Å². The molecule has 0 fully saturated rings. The molecular weight excluding hydrogens is 479 g/mol. The topological polar surface area (TPSA) is 32.8 Å². The van der Waals surface area contributed by atoms with E-state index in [1.165, 1.54) is 0 Å². The molecule has 0 bridgehead atoms. The van der Waals surface area contributed by atoms with Crippen molar-refractivity contribution in [1.82, 2.24) is 9.80 Å². The van der Waals surface area contributed by atoms with E-state index in [9.17, 15) is 4.79 Å². The van der Waals surface area contributed by atoms with Crippen molar-refractivity contribution >= 4 is 29.1 Å². The highest BCUT2D eigenvalue weighted by Crippen LogP contribution is 2.27. The van der Waals surface area contributed by atoms with E-state index in [4.69, 9.17) is 27.9 Å². The first kappa shape index (κ1) is 27.1.